The summed E-state index contributed by atoms with van der Waals surface area (Å²) in [6.07, 6.45) is 2.85. The Morgan fingerprint density at radius 1 is 1.70 bits per heavy atom. The molecule has 0 bridgehead atoms. The Kier molecular flexibility index (Phi) is 1.62. The zero-order valence-corrected chi connectivity index (χ0v) is 5.53. The van der Waals surface area contributed by atoms with Crippen LogP contribution < -0.4 is 5.73 Å². The van der Waals surface area contributed by atoms with Gasteiger partial charge in [0.2, 0.25) is 0 Å². The van der Waals surface area contributed by atoms with Crippen LogP contribution in [0.4, 0.5) is 0 Å². The minimum Gasteiger partial charge on any atom is -0.364 e. The van der Waals surface area contributed by atoms with Crippen LogP contribution in [0.3, 0.4) is 0 Å². The van der Waals surface area contributed by atoms with Gasteiger partial charge in [-0.05, 0) is 12.5 Å². The molecule has 0 aliphatic heterocycles. The van der Waals surface area contributed by atoms with Gasteiger partial charge in [0.05, 0.1) is 0 Å². The highest BCUT2D eigenvalue weighted by Crippen LogP contribution is 1.98. The van der Waals surface area contributed by atoms with Crippen LogP contribution in [0.5, 0.6) is 0 Å². The molecule has 1 aromatic rings. The third-order valence-electron chi connectivity index (χ3n) is 1.13. The number of primary amides is 1. The molecule has 4 heteroatoms. The molecule has 52 valence electrons. The van der Waals surface area contributed by atoms with Crippen LogP contribution in [-0.4, -0.2) is 15.9 Å². The fourth-order valence-electron chi connectivity index (χ4n) is 0.657. The topological polar surface area (TPSA) is 68.9 Å². The second-order valence-corrected chi connectivity index (χ2v) is 1.92. The standard InChI is InChI=1S/C6H7N3O/c1-4-2-8-3-9-5(4)6(7)10/h2-3H,1H3,(H2,7,10). The third-order valence-corrected chi connectivity index (χ3v) is 1.13. The second-order valence-electron chi connectivity index (χ2n) is 1.92. The van der Waals surface area contributed by atoms with Crippen LogP contribution in [-0.2, 0) is 0 Å². The molecule has 0 radical (unpaired) electrons. The molecule has 0 saturated carbocycles. The normalized spacial score (nSPS) is 9.30. The molecule has 10 heavy (non-hydrogen) atoms. The van der Waals surface area contributed by atoms with Gasteiger partial charge in [-0.15, -0.1) is 0 Å². The van der Waals surface area contributed by atoms with Gasteiger partial charge in [-0.1, -0.05) is 0 Å². The summed E-state index contributed by atoms with van der Waals surface area (Å²) in [7, 11) is 0. The number of nitrogens with zero attached hydrogens (tertiary/aromatic N) is 2. The molecule has 0 aliphatic rings. The zero-order valence-electron chi connectivity index (χ0n) is 5.53. The van der Waals surface area contributed by atoms with Gasteiger partial charge in [-0.2, -0.15) is 0 Å². The zero-order chi connectivity index (χ0) is 7.56. The minimum atomic E-state index is -0.514. The Morgan fingerprint density at radius 3 is 2.80 bits per heavy atom. The summed E-state index contributed by atoms with van der Waals surface area (Å²) in [5.41, 5.74) is 5.98. The van der Waals surface area contributed by atoms with Crippen LogP contribution in [0.1, 0.15) is 16.1 Å². The van der Waals surface area contributed by atoms with Gasteiger partial charge in [-0.25, -0.2) is 9.97 Å². The van der Waals surface area contributed by atoms with Gasteiger partial charge >= 0.3 is 0 Å². The maximum Gasteiger partial charge on any atom is 0.267 e. The highest BCUT2D eigenvalue weighted by molar-refractivity contribution is 5.91. The van der Waals surface area contributed by atoms with Crippen molar-refractivity contribution in [2.45, 2.75) is 6.92 Å². The smallest absolute Gasteiger partial charge is 0.267 e. The summed E-state index contributed by atoms with van der Waals surface area (Å²) < 4.78 is 0. The van der Waals surface area contributed by atoms with Crippen molar-refractivity contribution in [2.24, 2.45) is 5.73 Å². The van der Waals surface area contributed by atoms with Gasteiger partial charge in [0.1, 0.15) is 12.0 Å². The lowest BCUT2D eigenvalue weighted by Crippen LogP contribution is -2.14. The number of carbonyl (C=O) groups is 1. The van der Waals surface area contributed by atoms with Gasteiger partial charge in [0.15, 0.2) is 0 Å². The van der Waals surface area contributed by atoms with E-state index in [1.165, 1.54) is 6.33 Å². The molecule has 0 aliphatic carbocycles. The molecule has 1 heterocycles. The lowest BCUT2D eigenvalue weighted by Gasteiger charge is -1.95. The molecule has 0 spiro atoms. The first-order valence-electron chi connectivity index (χ1n) is 2.78. The Balaban J connectivity index is 3.15. The summed E-state index contributed by atoms with van der Waals surface area (Å²) in [5.74, 6) is -0.514. The van der Waals surface area contributed by atoms with E-state index in [-0.39, 0.29) is 5.69 Å². The van der Waals surface area contributed by atoms with E-state index in [1.807, 2.05) is 0 Å². The number of hydrogen-bond donors (Lipinski definition) is 1. The molecule has 0 saturated heterocycles. The largest absolute Gasteiger partial charge is 0.364 e. The van der Waals surface area contributed by atoms with E-state index in [0.717, 1.165) is 0 Å². The van der Waals surface area contributed by atoms with Crippen molar-refractivity contribution in [1.29, 1.82) is 0 Å². The Hall–Kier alpha value is -1.45. The summed E-state index contributed by atoms with van der Waals surface area (Å²) in [5, 5.41) is 0. The van der Waals surface area contributed by atoms with Crippen molar-refractivity contribution in [3.63, 3.8) is 0 Å². The van der Waals surface area contributed by atoms with Crippen LogP contribution in [0.15, 0.2) is 12.5 Å². The van der Waals surface area contributed by atoms with Crippen molar-refractivity contribution in [2.75, 3.05) is 0 Å². The number of aromatic nitrogens is 2. The van der Waals surface area contributed by atoms with Crippen LogP contribution in [0, 0.1) is 6.92 Å². The number of nitrogens with two attached hydrogens (primary N) is 1. The summed E-state index contributed by atoms with van der Waals surface area (Å²) in [6.45, 7) is 1.74. The fraction of sp³-hybridized carbons (Fsp3) is 0.167. The molecule has 0 aromatic carbocycles. The number of amides is 1. The highest BCUT2D eigenvalue weighted by atomic mass is 16.1. The quantitative estimate of drug-likeness (QED) is 0.586. The van der Waals surface area contributed by atoms with Crippen LogP contribution >= 0.6 is 0 Å². The van der Waals surface area contributed by atoms with E-state index >= 15 is 0 Å². The third kappa shape index (κ3) is 1.10. The van der Waals surface area contributed by atoms with Gasteiger partial charge in [0.25, 0.3) is 5.91 Å². The molecule has 0 atom stereocenters. The van der Waals surface area contributed by atoms with E-state index in [9.17, 15) is 4.79 Å². The van der Waals surface area contributed by atoms with Crippen LogP contribution in [0.25, 0.3) is 0 Å². The van der Waals surface area contributed by atoms with Gasteiger partial charge in [-0.3, -0.25) is 4.79 Å². The van der Waals surface area contributed by atoms with E-state index in [2.05, 4.69) is 9.97 Å². The van der Waals surface area contributed by atoms with Crippen molar-refractivity contribution in [3.8, 4) is 0 Å². The average Bonchev–Trinajstić information content (AvgIpc) is 1.88. The van der Waals surface area contributed by atoms with E-state index in [1.54, 1.807) is 13.1 Å². The first kappa shape index (κ1) is 6.67. The number of aryl methyl sites for hydroxylation is 1. The fourth-order valence-corrected chi connectivity index (χ4v) is 0.657. The maximum absolute atomic E-state index is 10.6. The van der Waals surface area contributed by atoms with Crippen molar-refractivity contribution < 1.29 is 4.79 Å². The highest BCUT2D eigenvalue weighted by Gasteiger charge is 2.03. The van der Waals surface area contributed by atoms with Gasteiger partial charge < -0.3 is 5.73 Å². The molecule has 4 nitrogen and oxygen atoms in total. The lowest BCUT2D eigenvalue weighted by molar-refractivity contribution is 0.0995. The van der Waals surface area contributed by atoms with Gasteiger partial charge in [0, 0.05) is 6.20 Å². The molecular formula is C6H7N3O. The lowest BCUT2D eigenvalue weighted by atomic mass is 10.2. The Morgan fingerprint density at radius 2 is 2.40 bits per heavy atom. The molecule has 1 rings (SSSR count). The molecule has 0 fully saturated rings. The van der Waals surface area contributed by atoms with Crippen molar-refractivity contribution in [1.82, 2.24) is 9.97 Å². The monoisotopic (exact) mass is 137 g/mol. The van der Waals surface area contributed by atoms with Crippen LogP contribution in [0.2, 0.25) is 0 Å². The number of carbonyl (C=O) groups excluding carboxylic acids is 1. The molecular weight excluding hydrogens is 130 g/mol. The second kappa shape index (κ2) is 2.43. The predicted octanol–water partition coefficient (Wildman–Crippen LogP) is -0.116. The van der Waals surface area contributed by atoms with E-state index in [0.29, 0.717) is 5.56 Å². The Labute approximate surface area is 58.1 Å². The molecule has 0 unspecified atom stereocenters. The predicted molar refractivity (Wildman–Crippen MR) is 35.3 cm³/mol. The SMILES string of the molecule is Cc1cncnc1C(N)=O. The average molecular weight is 137 g/mol. The minimum absolute atomic E-state index is 0.287. The Bertz CT molecular complexity index is 259. The molecule has 1 aromatic heterocycles. The summed E-state index contributed by atoms with van der Waals surface area (Å²) in [4.78, 5) is 18.0. The first-order valence-corrected chi connectivity index (χ1v) is 2.78. The van der Waals surface area contributed by atoms with Crippen molar-refractivity contribution in [3.05, 3.63) is 23.8 Å². The first-order chi connectivity index (χ1) is 4.72. The van der Waals surface area contributed by atoms with E-state index < -0.39 is 5.91 Å². The van der Waals surface area contributed by atoms with Crippen molar-refractivity contribution >= 4 is 5.91 Å². The molecule has 2 N–H and O–H groups in total. The summed E-state index contributed by atoms with van der Waals surface area (Å²) in [6, 6.07) is 0. The maximum atomic E-state index is 10.6. The summed E-state index contributed by atoms with van der Waals surface area (Å²) >= 11 is 0. The number of hydrogen-bond acceptors (Lipinski definition) is 3. The number of rotatable bonds is 1. The molecule has 1 amide bonds. The van der Waals surface area contributed by atoms with E-state index in [4.69, 9.17) is 5.73 Å².